The fraction of sp³-hybridized carbons (Fsp3) is 1.00. The van der Waals surface area contributed by atoms with Gasteiger partial charge in [0.15, 0.2) is 0 Å². The Kier molecular flexibility index (Phi) is 10.3. The third-order valence-electron chi connectivity index (χ3n) is 2.79. The molecular weight excluding hydrogens is 188 g/mol. The molecule has 92 valence electrons. The van der Waals surface area contributed by atoms with Crippen LogP contribution >= 0.6 is 0 Å². The highest BCUT2D eigenvalue weighted by atomic mass is 16.5. The first kappa shape index (κ1) is 14.9. The Morgan fingerprint density at radius 2 is 1.67 bits per heavy atom. The molecule has 2 N–H and O–H groups in total. The summed E-state index contributed by atoms with van der Waals surface area (Å²) < 4.78 is 4.95. The average molecular weight is 216 g/mol. The summed E-state index contributed by atoms with van der Waals surface area (Å²) in [6, 6.07) is 0. The predicted molar refractivity (Wildman–Crippen MR) is 66.2 cm³/mol. The number of methoxy groups -OCH3 is 1. The van der Waals surface area contributed by atoms with Gasteiger partial charge in [0.1, 0.15) is 0 Å². The summed E-state index contributed by atoms with van der Waals surface area (Å²) in [7, 11) is 1.73. The molecule has 3 nitrogen and oxygen atoms in total. The molecule has 0 rings (SSSR count). The normalized spacial score (nSPS) is 13.4. The quantitative estimate of drug-likeness (QED) is 0.543. The molecule has 3 heteroatoms. The molecule has 0 aliphatic rings. The van der Waals surface area contributed by atoms with Crippen LogP contribution in [0, 0.1) is 11.8 Å². The third-order valence-corrected chi connectivity index (χ3v) is 2.79. The smallest absolute Gasteiger partial charge is 0.0587 e. The van der Waals surface area contributed by atoms with Crippen LogP contribution in [0.1, 0.15) is 27.2 Å². The van der Waals surface area contributed by atoms with E-state index in [-0.39, 0.29) is 0 Å². The van der Waals surface area contributed by atoms with E-state index in [1.807, 2.05) is 0 Å². The van der Waals surface area contributed by atoms with Crippen LogP contribution in [-0.4, -0.2) is 39.9 Å². The molecule has 0 saturated heterocycles. The average Bonchev–Trinajstić information content (AvgIpc) is 2.21. The van der Waals surface area contributed by atoms with Crippen molar-refractivity contribution < 1.29 is 4.74 Å². The largest absolute Gasteiger partial charge is 0.383 e. The lowest BCUT2D eigenvalue weighted by Crippen LogP contribution is -2.28. The molecule has 0 aliphatic heterocycles. The van der Waals surface area contributed by atoms with Gasteiger partial charge in [-0.1, -0.05) is 20.8 Å². The molecular formula is C12H28N2O. The molecule has 0 aliphatic carbocycles. The Bertz CT molecular complexity index is 129. The first-order chi connectivity index (χ1) is 7.18. The summed E-state index contributed by atoms with van der Waals surface area (Å²) in [5.74, 6) is 1.55. The van der Waals surface area contributed by atoms with E-state index in [9.17, 15) is 0 Å². The molecule has 1 atom stereocenters. The van der Waals surface area contributed by atoms with Gasteiger partial charge in [0.25, 0.3) is 0 Å². The van der Waals surface area contributed by atoms with Crippen molar-refractivity contribution in [2.45, 2.75) is 27.2 Å². The summed E-state index contributed by atoms with van der Waals surface area (Å²) in [4.78, 5) is 0. The number of hydrogen-bond acceptors (Lipinski definition) is 3. The Labute approximate surface area is 95.0 Å². The van der Waals surface area contributed by atoms with Crippen molar-refractivity contribution in [1.82, 2.24) is 10.6 Å². The van der Waals surface area contributed by atoms with E-state index in [4.69, 9.17) is 4.74 Å². The number of hydrogen-bond donors (Lipinski definition) is 2. The van der Waals surface area contributed by atoms with E-state index in [0.29, 0.717) is 0 Å². The van der Waals surface area contributed by atoms with Gasteiger partial charge in [0.2, 0.25) is 0 Å². The standard InChI is InChI=1S/C12H28N2O/c1-11(2)12(3)10-14-7-5-6-13-8-9-15-4/h11-14H,5-10H2,1-4H3. The van der Waals surface area contributed by atoms with Crippen LogP contribution in [0.3, 0.4) is 0 Å². The maximum absolute atomic E-state index is 4.95. The van der Waals surface area contributed by atoms with Gasteiger partial charge < -0.3 is 15.4 Å². The van der Waals surface area contributed by atoms with E-state index in [1.54, 1.807) is 7.11 Å². The van der Waals surface area contributed by atoms with Gasteiger partial charge in [-0.25, -0.2) is 0 Å². The van der Waals surface area contributed by atoms with Crippen molar-refractivity contribution in [3.63, 3.8) is 0 Å². The van der Waals surface area contributed by atoms with Gasteiger partial charge in [-0.2, -0.15) is 0 Å². The minimum absolute atomic E-state index is 0.770. The second-order valence-corrected chi connectivity index (χ2v) is 4.52. The first-order valence-corrected chi connectivity index (χ1v) is 6.08. The fourth-order valence-electron chi connectivity index (χ4n) is 1.20. The summed E-state index contributed by atoms with van der Waals surface area (Å²) in [5, 5.41) is 6.82. The van der Waals surface area contributed by atoms with Crippen LogP contribution in [0.5, 0.6) is 0 Å². The maximum Gasteiger partial charge on any atom is 0.0587 e. The number of nitrogens with one attached hydrogen (secondary N) is 2. The Morgan fingerprint density at radius 1 is 1.00 bits per heavy atom. The SMILES string of the molecule is COCCNCCCNCC(C)C(C)C. The summed E-state index contributed by atoms with van der Waals surface area (Å²) in [6.45, 7) is 11.9. The summed E-state index contributed by atoms with van der Waals surface area (Å²) in [5.41, 5.74) is 0. The lowest BCUT2D eigenvalue weighted by atomic mass is 9.98. The van der Waals surface area contributed by atoms with Gasteiger partial charge in [0.05, 0.1) is 6.61 Å². The van der Waals surface area contributed by atoms with Gasteiger partial charge in [0, 0.05) is 13.7 Å². The van der Waals surface area contributed by atoms with Crippen LogP contribution in [-0.2, 0) is 4.74 Å². The molecule has 0 amide bonds. The molecule has 0 spiro atoms. The third kappa shape index (κ3) is 10.2. The monoisotopic (exact) mass is 216 g/mol. The Balaban J connectivity index is 3.05. The summed E-state index contributed by atoms with van der Waals surface area (Å²) in [6.07, 6.45) is 1.19. The molecule has 15 heavy (non-hydrogen) atoms. The molecule has 1 unspecified atom stereocenters. The zero-order valence-electron chi connectivity index (χ0n) is 10.8. The lowest BCUT2D eigenvalue weighted by molar-refractivity contribution is 0.199. The second kappa shape index (κ2) is 10.4. The molecule has 0 heterocycles. The highest BCUT2D eigenvalue weighted by Crippen LogP contribution is 2.07. The zero-order valence-corrected chi connectivity index (χ0v) is 10.8. The van der Waals surface area contributed by atoms with E-state index in [0.717, 1.165) is 44.6 Å². The Morgan fingerprint density at radius 3 is 2.27 bits per heavy atom. The molecule has 0 aromatic heterocycles. The minimum atomic E-state index is 0.770. The van der Waals surface area contributed by atoms with E-state index >= 15 is 0 Å². The minimum Gasteiger partial charge on any atom is -0.383 e. The highest BCUT2D eigenvalue weighted by Gasteiger charge is 2.05. The molecule has 0 aromatic carbocycles. The predicted octanol–water partition coefficient (Wildman–Crippen LogP) is 1.49. The van der Waals surface area contributed by atoms with Crippen molar-refractivity contribution in [1.29, 1.82) is 0 Å². The van der Waals surface area contributed by atoms with Crippen LogP contribution in [0.25, 0.3) is 0 Å². The van der Waals surface area contributed by atoms with Gasteiger partial charge in [-0.15, -0.1) is 0 Å². The van der Waals surface area contributed by atoms with Crippen molar-refractivity contribution in [2.24, 2.45) is 11.8 Å². The van der Waals surface area contributed by atoms with E-state index < -0.39 is 0 Å². The highest BCUT2D eigenvalue weighted by molar-refractivity contribution is 4.60. The summed E-state index contributed by atoms with van der Waals surface area (Å²) >= 11 is 0. The lowest BCUT2D eigenvalue weighted by Gasteiger charge is -2.16. The van der Waals surface area contributed by atoms with Crippen LogP contribution in [0.2, 0.25) is 0 Å². The van der Waals surface area contributed by atoms with Gasteiger partial charge >= 0.3 is 0 Å². The van der Waals surface area contributed by atoms with Crippen LogP contribution in [0.4, 0.5) is 0 Å². The van der Waals surface area contributed by atoms with Crippen molar-refractivity contribution in [2.75, 3.05) is 39.9 Å². The van der Waals surface area contributed by atoms with Gasteiger partial charge in [-0.3, -0.25) is 0 Å². The van der Waals surface area contributed by atoms with Crippen molar-refractivity contribution in [3.8, 4) is 0 Å². The number of rotatable bonds is 10. The van der Waals surface area contributed by atoms with E-state index in [1.165, 1.54) is 6.42 Å². The van der Waals surface area contributed by atoms with E-state index in [2.05, 4.69) is 31.4 Å². The zero-order chi connectivity index (χ0) is 11.5. The number of ether oxygens (including phenoxy) is 1. The second-order valence-electron chi connectivity index (χ2n) is 4.52. The van der Waals surface area contributed by atoms with Gasteiger partial charge in [-0.05, 0) is 37.9 Å². The van der Waals surface area contributed by atoms with Crippen molar-refractivity contribution >= 4 is 0 Å². The topological polar surface area (TPSA) is 33.3 Å². The Hall–Kier alpha value is -0.120. The van der Waals surface area contributed by atoms with Crippen LogP contribution in [0.15, 0.2) is 0 Å². The maximum atomic E-state index is 4.95. The fourth-order valence-corrected chi connectivity index (χ4v) is 1.20. The molecule has 0 fully saturated rings. The molecule has 0 saturated carbocycles. The molecule has 0 bridgehead atoms. The molecule has 0 aromatic rings. The molecule has 0 radical (unpaired) electrons. The van der Waals surface area contributed by atoms with Crippen LogP contribution < -0.4 is 10.6 Å². The van der Waals surface area contributed by atoms with Crippen molar-refractivity contribution in [3.05, 3.63) is 0 Å². The first-order valence-electron chi connectivity index (χ1n) is 6.08.